The van der Waals surface area contributed by atoms with Gasteiger partial charge in [-0.05, 0) is 36.4 Å². The van der Waals surface area contributed by atoms with E-state index >= 15 is 0 Å². The van der Waals surface area contributed by atoms with Gasteiger partial charge < -0.3 is 19.6 Å². The van der Waals surface area contributed by atoms with E-state index in [4.69, 9.17) is 19.6 Å². The molecule has 0 saturated carbocycles. The highest BCUT2D eigenvalue weighted by Crippen LogP contribution is 2.20. The number of ether oxygens (including phenoxy) is 2. The second-order valence-corrected chi connectivity index (χ2v) is 4.97. The van der Waals surface area contributed by atoms with Crippen molar-refractivity contribution < 1.29 is 18.7 Å². The number of nitrogens with one attached hydrogen (secondary N) is 1. The Morgan fingerprint density at radius 1 is 1.20 bits per heavy atom. The van der Waals surface area contributed by atoms with Gasteiger partial charge in [0, 0.05) is 0 Å². The largest absolute Gasteiger partial charge is 0.497 e. The van der Waals surface area contributed by atoms with Crippen LogP contribution < -0.4 is 20.5 Å². The van der Waals surface area contributed by atoms with E-state index in [9.17, 15) is 4.79 Å². The highest BCUT2D eigenvalue weighted by atomic mass is 16.5. The number of methoxy groups -OCH3 is 1. The molecule has 0 aliphatic rings. The molecule has 25 heavy (non-hydrogen) atoms. The Morgan fingerprint density at radius 3 is 2.64 bits per heavy atom. The number of rotatable bonds is 5. The number of amides is 1. The van der Waals surface area contributed by atoms with Gasteiger partial charge in [-0.1, -0.05) is 12.1 Å². The van der Waals surface area contributed by atoms with Gasteiger partial charge >= 0.3 is 6.01 Å². The summed E-state index contributed by atoms with van der Waals surface area (Å²) < 4.78 is 15.8. The zero-order valence-electron chi connectivity index (χ0n) is 13.4. The molecule has 0 aliphatic carbocycles. The van der Waals surface area contributed by atoms with Gasteiger partial charge in [0.1, 0.15) is 17.0 Å². The number of aliphatic imine (C=N–C) groups is 1. The molecular formula is C17H16N4O4. The molecule has 0 saturated heterocycles. The molecule has 2 aromatic carbocycles. The molecule has 0 spiro atoms. The van der Waals surface area contributed by atoms with Gasteiger partial charge in [0.25, 0.3) is 5.91 Å². The number of carbonyl (C=O) groups is 1. The standard InChI is InChI=1S/C17H16N4O4/c1-23-11-6-8-12(9-7-11)24-10-15(22)20-16(18)21-17-19-13-4-2-3-5-14(13)25-17/h2-9H,10H2,1H3,(H3,18,19,20,21,22). The fraction of sp³-hybridized carbons (Fsp3) is 0.118. The Kier molecular flexibility index (Phi) is 4.79. The first-order chi connectivity index (χ1) is 12.1. The van der Waals surface area contributed by atoms with Crippen molar-refractivity contribution in [3.05, 3.63) is 48.5 Å². The number of guanidine groups is 1. The lowest BCUT2D eigenvalue weighted by atomic mass is 10.3. The van der Waals surface area contributed by atoms with Crippen LogP contribution in [0.5, 0.6) is 11.5 Å². The number of carbonyl (C=O) groups excluding carboxylic acids is 1. The minimum atomic E-state index is -0.451. The van der Waals surface area contributed by atoms with Crippen LogP contribution in [0.3, 0.4) is 0 Å². The number of hydrogen-bond donors (Lipinski definition) is 2. The molecule has 3 aromatic rings. The first-order valence-electron chi connectivity index (χ1n) is 7.40. The SMILES string of the molecule is COc1ccc(OCC(=O)N/C(N)=N/c2nc3ccccc3o2)cc1. The Morgan fingerprint density at radius 2 is 1.92 bits per heavy atom. The van der Waals surface area contributed by atoms with Crippen molar-refractivity contribution in [2.24, 2.45) is 10.7 Å². The quantitative estimate of drug-likeness (QED) is 0.542. The van der Waals surface area contributed by atoms with Gasteiger partial charge in [0.2, 0.25) is 5.96 Å². The van der Waals surface area contributed by atoms with Crippen LogP contribution in [-0.4, -0.2) is 30.6 Å². The summed E-state index contributed by atoms with van der Waals surface area (Å²) in [6.45, 7) is -0.212. The van der Waals surface area contributed by atoms with Crippen LogP contribution in [0.2, 0.25) is 0 Å². The summed E-state index contributed by atoms with van der Waals surface area (Å²) in [5.41, 5.74) is 6.92. The Hall–Kier alpha value is -3.55. The summed E-state index contributed by atoms with van der Waals surface area (Å²) in [5.74, 6) is 0.653. The van der Waals surface area contributed by atoms with Crippen molar-refractivity contribution >= 4 is 29.0 Å². The number of hydrogen-bond acceptors (Lipinski definition) is 6. The summed E-state index contributed by atoms with van der Waals surface area (Å²) in [5, 5.41) is 2.40. The van der Waals surface area contributed by atoms with Crippen molar-refractivity contribution in [3.63, 3.8) is 0 Å². The Labute approximate surface area is 143 Å². The lowest BCUT2D eigenvalue weighted by Gasteiger charge is -2.07. The summed E-state index contributed by atoms with van der Waals surface area (Å²) in [7, 11) is 1.57. The lowest BCUT2D eigenvalue weighted by molar-refractivity contribution is -0.121. The minimum Gasteiger partial charge on any atom is -0.497 e. The van der Waals surface area contributed by atoms with E-state index in [2.05, 4.69) is 15.3 Å². The van der Waals surface area contributed by atoms with Gasteiger partial charge in [0.15, 0.2) is 12.2 Å². The Bertz CT molecular complexity index is 869. The number of aromatic nitrogens is 1. The van der Waals surface area contributed by atoms with Crippen LogP contribution in [0.25, 0.3) is 11.1 Å². The molecule has 0 fully saturated rings. The van der Waals surface area contributed by atoms with Crippen molar-refractivity contribution in [2.45, 2.75) is 0 Å². The van der Waals surface area contributed by atoms with Crippen LogP contribution in [-0.2, 0) is 4.79 Å². The predicted molar refractivity (Wildman–Crippen MR) is 91.9 cm³/mol. The molecule has 0 bridgehead atoms. The molecule has 128 valence electrons. The molecule has 0 radical (unpaired) electrons. The van der Waals surface area contributed by atoms with E-state index in [1.165, 1.54) is 0 Å². The first-order valence-corrected chi connectivity index (χ1v) is 7.40. The van der Waals surface area contributed by atoms with Gasteiger partial charge in [-0.3, -0.25) is 10.1 Å². The third-order valence-corrected chi connectivity index (χ3v) is 3.20. The van der Waals surface area contributed by atoms with Crippen LogP contribution in [0.1, 0.15) is 0 Å². The summed E-state index contributed by atoms with van der Waals surface area (Å²) >= 11 is 0. The van der Waals surface area contributed by atoms with E-state index in [1.807, 2.05) is 12.1 Å². The van der Waals surface area contributed by atoms with E-state index in [0.717, 1.165) is 0 Å². The molecule has 1 amide bonds. The second kappa shape index (κ2) is 7.35. The zero-order chi connectivity index (χ0) is 17.6. The molecule has 8 heteroatoms. The summed E-state index contributed by atoms with van der Waals surface area (Å²) in [6, 6.07) is 14.1. The zero-order valence-corrected chi connectivity index (χ0v) is 13.4. The topological polar surface area (TPSA) is 112 Å². The van der Waals surface area contributed by atoms with Crippen molar-refractivity contribution in [2.75, 3.05) is 13.7 Å². The molecule has 1 aromatic heterocycles. The third kappa shape index (κ3) is 4.25. The monoisotopic (exact) mass is 340 g/mol. The highest BCUT2D eigenvalue weighted by molar-refractivity contribution is 5.97. The number of nitrogens with zero attached hydrogens (tertiary/aromatic N) is 2. The second-order valence-electron chi connectivity index (χ2n) is 4.97. The predicted octanol–water partition coefficient (Wildman–Crippen LogP) is 1.98. The average Bonchev–Trinajstić information content (AvgIpc) is 3.02. The first kappa shape index (κ1) is 16.3. The molecule has 3 rings (SSSR count). The van der Waals surface area contributed by atoms with E-state index < -0.39 is 5.91 Å². The molecule has 1 heterocycles. The van der Waals surface area contributed by atoms with Gasteiger partial charge in [-0.15, -0.1) is 0 Å². The Balaban J connectivity index is 1.55. The number of para-hydroxylation sites is 2. The minimum absolute atomic E-state index is 0.0649. The van der Waals surface area contributed by atoms with Crippen LogP contribution in [0.15, 0.2) is 57.9 Å². The maximum atomic E-state index is 11.8. The number of nitrogens with two attached hydrogens (primary N) is 1. The van der Waals surface area contributed by atoms with E-state index in [-0.39, 0.29) is 18.6 Å². The average molecular weight is 340 g/mol. The van der Waals surface area contributed by atoms with Crippen molar-refractivity contribution in [1.82, 2.24) is 10.3 Å². The molecule has 0 aliphatic heterocycles. The summed E-state index contributed by atoms with van der Waals surface area (Å²) in [6.07, 6.45) is 0. The third-order valence-electron chi connectivity index (χ3n) is 3.20. The normalized spacial score (nSPS) is 11.3. The highest BCUT2D eigenvalue weighted by Gasteiger charge is 2.08. The van der Waals surface area contributed by atoms with Crippen molar-refractivity contribution in [3.8, 4) is 11.5 Å². The fourth-order valence-corrected chi connectivity index (χ4v) is 2.04. The van der Waals surface area contributed by atoms with Crippen LogP contribution in [0, 0.1) is 0 Å². The molecular weight excluding hydrogens is 324 g/mol. The van der Waals surface area contributed by atoms with Gasteiger partial charge in [-0.2, -0.15) is 9.98 Å². The number of benzene rings is 2. The molecule has 0 atom stereocenters. The van der Waals surface area contributed by atoms with Crippen LogP contribution in [0.4, 0.5) is 6.01 Å². The van der Waals surface area contributed by atoms with E-state index in [1.54, 1.807) is 43.5 Å². The smallest absolute Gasteiger partial charge is 0.325 e. The maximum Gasteiger partial charge on any atom is 0.325 e. The van der Waals surface area contributed by atoms with Crippen molar-refractivity contribution in [1.29, 1.82) is 0 Å². The van der Waals surface area contributed by atoms with Gasteiger partial charge in [-0.25, -0.2) is 0 Å². The van der Waals surface area contributed by atoms with Gasteiger partial charge in [0.05, 0.1) is 7.11 Å². The fourth-order valence-electron chi connectivity index (χ4n) is 2.04. The molecule has 8 nitrogen and oxygen atoms in total. The lowest BCUT2D eigenvalue weighted by Crippen LogP contribution is -2.39. The number of fused-ring (bicyclic) bond motifs is 1. The number of oxazole rings is 1. The summed E-state index contributed by atoms with van der Waals surface area (Å²) in [4.78, 5) is 19.9. The van der Waals surface area contributed by atoms with E-state index in [0.29, 0.717) is 22.6 Å². The molecule has 0 unspecified atom stereocenters. The van der Waals surface area contributed by atoms with Crippen LogP contribution >= 0.6 is 0 Å². The molecule has 3 N–H and O–H groups in total. The maximum absolute atomic E-state index is 11.8.